The molecule has 0 aliphatic rings. The van der Waals surface area contributed by atoms with Crippen LogP contribution in [0.4, 0.5) is 0 Å². The van der Waals surface area contributed by atoms with Crippen LogP contribution >= 0.6 is 11.6 Å². The maximum Gasteiger partial charge on any atom is 0.141 e. The molecule has 1 atom stereocenters. The van der Waals surface area contributed by atoms with E-state index in [9.17, 15) is 0 Å². The first-order chi connectivity index (χ1) is 7.54. The molecule has 0 saturated carbocycles. The van der Waals surface area contributed by atoms with Crippen molar-refractivity contribution in [1.29, 1.82) is 0 Å². The second-order valence-electron chi connectivity index (χ2n) is 4.67. The van der Waals surface area contributed by atoms with E-state index in [4.69, 9.17) is 11.6 Å². The minimum Gasteiger partial charge on any atom is -0.295 e. The van der Waals surface area contributed by atoms with Crippen molar-refractivity contribution in [3.63, 3.8) is 0 Å². The number of hydrogen-bond donors (Lipinski definition) is 0. The highest BCUT2D eigenvalue weighted by Crippen LogP contribution is 2.06. The zero-order chi connectivity index (χ0) is 12.1. The van der Waals surface area contributed by atoms with Crippen molar-refractivity contribution in [3.05, 3.63) is 12.2 Å². The van der Waals surface area contributed by atoms with Gasteiger partial charge >= 0.3 is 0 Å². The van der Waals surface area contributed by atoms with Gasteiger partial charge in [0.15, 0.2) is 0 Å². The van der Waals surface area contributed by atoms with E-state index in [-0.39, 0.29) is 0 Å². The van der Waals surface area contributed by atoms with Crippen LogP contribution in [0.5, 0.6) is 0 Å². The van der Waals surface area contributed by atoms with E-state index >= 15 is 0 Å². The Kier molecular flexibility index (Phi) is 5.22. The first-order valence-corrected chi connectivity index (χ1v) is 6.21. The van der Waals surface area contributed by atoms with Crippen LogP contribution in [0.2, 0.25) is 0 Å². The molecule has 0 bridgehead atoms. The molecule has 0 amide bonds. The molecule has 1 heterocycles. The lowest BCUT2D eigenvalue weighted by Gasteiger charge is -2.22. The molecule has 0 N–H and O–H groups in total. The van der Waals surface area contributed by atoms with Gasteiger partial charge in [0.1, 0.15) is 12.2 Å². The third-order valence-electron chi connectivity index (χ3n) is 2.60. The Morgan fingerprint density at radius 1 is 1.44 bits per heavy atom. The molecule has 0 aromatic carbocycles. The molecule has 5 heteroatoms. The molecule has 92 valence electrons. The third kappa shape index (κ3) is 3.76. The average Bonchev–Trinajstić information content (AvgIpc) is 2.63. The monoisotopic (exact) mass is 244 g/mol. The molecule has 16 heavy (non-hydrogen) atoms. The summed E-state index contributed by atoms with van der Waals surface area (Å²) in [6.45, 7) is 8.17. The molecule has 1 aromatic heterocycles. The second-order valence-corrected chi connectivity index (χ2v) is 4.98. The Morgan fingerprint density at radius 2 is 2.12 bits per heavy atom. The van der Waals surface area contributed by atoms with E-state index in [0.717, 1.165) is 18.9 Å². The van der Waals surface area contributed by atoms with Crippen LogP contribution in [-0.2, 0) is 13.1 Å². The summed E-state index contributed by atoms with van der Waals surface area (Å²) < 4.78 is 1.97. The molecule has 0 radical (unpaired) electrons. The van der Waals surface area contributed by atoms with Crippen molar-refractivity contribution < 1.29 is 0 Å². The van der Waals surface area contributed by atoms with E-state index in [1.54, 1.807) is 6.33 Å². The standard InChI is InChI=1S/C11H21ClN4/c1-9(2)6-16-11(13-8-14-16)7-15(4)10(3)5-12/h8-10H,5-7H2,1-4H3. The fourth-order valence-corrected chi connectivity index (χ4v) is 1.64. The van der Waals surface area contributed by atoms with E-state index in [1.807, 2.05) is 4.68 Å². The number of nitrogens with zero attached hydrogens (tertiary/aromatic N) is 4. The van der Waals surface area contributed by atoms with Gasteiger partial charge in [-0.3, -0.25) is 4.90 Å². The number of halogens is 1. The fourth-order valence-electron chi connectivity index (χ4n) is 1.41. The van der Waals surface area contributed by atoms with Crippen LogP contribution in [0.25, 0.3) is 0 Å². The van der Waals surface area contributed by atoms with Crippen LogP contribution < -0.4 is 0 Å². The van der Waals surface area contributed by atoms with Crippen molar-refractivity contribution in [2.24, 2.45) is 5.92 Å². The summed E-state index contributed by atoms with van der Waals surface area (Å²) in [4.78, 5) is 6.48. The number of hydrogen-bond acceptors (Lipinski definition) is 3. The summed E-state index contributed by atoms with van der Waals surface area (Å²) in [5, 5.41) is 4.24. The van der Waals surface area contributed by atoms with Crippen LogP contribution in [0.1, 0.15) is 26.6 Å². The Morgan fingerprint density at radius 3 is 2.69 bits per heavy atom. The van der Waals surface area contributed by atoms with Gasteiger partial charge in [0, 0.05) is 18.5 Å². The van der Waals surface area contributed by atoms with E-state index < -0.39 is 0 Å². The van der Waals surface area contributed by atoms with E-state index in [2.05, 4.69) is 42.8 Å². The molecule has 1 aromatic rings. The van der Waals surface area contributed by atoms with E-state index in [0.29, 0.717) is 17.8 Å². The molecule has 1 rings (SSSR count). The van der Waals surface area contributed by atoms with Crippen molar-refractivity contribution in [1.82, 2.24) is 19.7 Å². The van der Waals surface area contributed by atoms with Gasteiger partial charge in [0.25, 0.3) is 0 Å². The number of rotatable bonds is 6. The number of alkyl halides is 1. The van der Waals surface area contributed by atoms with Crippen molar-refractivity contribution >= 4 is 11.6 Å². The molecule has 0 spiro atoms. The topological polar surface area (TPSA) is 34.0 Å². The number of aromatic nitrogens is 3. The maximum atomic E-state index is 5.83. The smallest absolute Gasteiger partial charge is 0.141 e. The zero-order valence-corrected chi connectivity index (χ0v) is 11.3. The van der Waals surface area contributed by atoms with Gasteiger partial charge in [-0.1, -0.05) is 13.8 Å². The van der Waals surface area contributed by atoms with Crippen molar-refractivity contribution in [2.45, 2.75) is 39.9 Å². The maximum absolute atomic E-state index is 5.83. The highest BCUT2D eigenvalue weighted by Gasteiger charge is 2.12. The van der Waals surface area contributed by atoms with Crippen molar-refractivity contribution in [2.75, 3.05) is 12.9 Å². The van der Waals surface area contributed by atoms with Gasteiger partial charge in [0.2, 0.25) is 0 Å². The second kappa shape index (κ2) is 6.21. The largest absolute Gasteiger partial charge is 0.295 e. The Labute approximate surface area is 103 Å². The van der Waals surface area contributed by atoms with Crippen molar-refractivity contribution in [3.8, 4) is 0 Å². The Hall–Kier alpha value is -0.610. The zero-order valence-electron chi connectivity index (χ0n) is 10.5. The minimum absolute atomic E-state index is 0.353. The summed E-state index contributed by atoms with van der Waals surface area (Å²) in [6, 6.07) is 0.353. The van der Waals surface area contributed by atoms with Gasteiger partial charge in [-0.05, 0) is 19.9 Å². The molecular formula is C11H21ClN4. The molecule has 4 nitrogen and oxygen atoms in total. The van der Waals surface area contributed by atoms with Crippen LogP contribution in [-0.4, -0.2) is 38.6 Å². The first kappa shape index (κ1) is 13.5. The summed E-state index contributed by atoms with van der Waals surface area (Å²) in [5.41, 5.74) is 0. The predicted octanol–water partition coefficient (Wildman–Crippen LogP) is 1.99. The quantitative estimate of drug-likeness (QED) is 0.718. The SMILES string of the molecule is CC(C)Cn1ncnc1CN(C)C(C)CCl. The Bertz CT molecular complexity index is 311. The van der Waals surface area contributed by atoms with Gasteiger partial charge in [-0.2, -0.15) is 5.10 Å². The summed E-state index contributed by atoms with van der Waals surface area (Å²) in [7, 11) is 2.06. The van der Waals surface area contributed by atoms with Gasteiger partial charge in [0.05, 0.1) is 6.54 Å². The normalized spacial score (nSPS) is 13.7. The van der Waals surface area contributed by atoms with Crippen LogP contribution in [0.15, 0.2) is 6.33 Å². The summed E-state index contributed by atoms with van der Waals surface area (Å²) in [5.74, 6) is 2.22. The Balaban J connectivity index is 2.62. The highest BCUT2D eigenvalue weighted by atomic mass is 35.5. The molecule has 0 aliphatic carbocycles. The van der Waals surface area contributed by atoms with Gasteiger partial charge in [-0.15, -0.1) is 11.6 Å². The molecule has 1 unspecified atom stereocenters. The lowest BCUT2D eigenvalue weighted by atomic mass is 10.2. The fraction of sp³-hybridized carbons (Fsp3) is 0.818. The summed E-state index contributed by atoms with van der Waals surface area (Å²) >= 11 is 5.83. The lowest BCUT2D eigenvalue weighted by molar-refractivity contribution is 0.254. The lowest BCUT2D eigenvalue weighted by Crippen LogP contribution is -2.31. The van der Waals surface area contributed by atoms with Gasteiger partial charge < -0.3 is 0 Å². The van der Waals surface area contributed by atoms with Crippen LogP contribution in [0, 0.1) is 5.92 Å². The molecule has 0 aliphatic heterocycles. The predicted molar refractivity (Wildman–Crippen MR) is 66.5 cm³/mol. The molecule has 0 saturated heterocycles. The highest BCUT2D eigenvalue weighted by molar-refractivity contribution is 6.18. The van der Waals surface area contributed by atoms with Crippen LogP contribution in [0.3, 0.4) is 0 Å². The van der Waals surface area contributed by atoms with Gasteiger partial charge in [-0.25, -0.2) is 9.67 Å². The molecular weight excluding hydrogens is 224 g/mol. The average molecular weight is 245 g/mol. The first-order valence-electron chi connectivity index (χ1n) is 5.67. The molecule has 0 fully saturated rings. The minimum atomic E-state index is 0.353. The third-order valence-corrected chi connectivity index (χ3v) is 3.05. The van der Waals surface area contributed by atoms with E-state index in [1.165, 1.54) is 0 Å². The summed E-state index contributed by atoms with van der Waals surface area (Å²) in [6.07, 6.45) is 1.62.